The van der Waals surface area contributed by atoms with Crippen LogP contribution in [0, 0.1) is 0 Å². The maximum absolute atomic E-state index is 6.46. The SMILES string of the molecule is c1ccc([C@H]2C[C@@H](Oc3ccc4ccccc4c3)c3ccccc3O2)cc1. The molecule has 0 aromatic heterocycles. The first-order valence-electron chi connectivity index (χ1n) is 9.33. The summed E-state index contributed by atoms with van der Waals surface area (Å²) in [7, 11) is 0. The van der Waals surface area contributed by atoms with Crippen molar-refractivity contribution in [2.24, 2.45) is 0 Å². The van der Waals surface area contributed by atoms with E-state index in [-0.39, 0.29) is 12.2 Å². The fraction of sp³-hybridized carbons (Fsp3) is 0.120. The van der Waals surface area contributed by atoms with Gasteiger partial charge in [-0.05, 0) is 34.5 Å². The number of para-hydroxylation sites is 1. The molecule has 1 aliphatic rings. The molecule has 4 aromatic carbocycles. The number of rotatable bonds is 3. The van der Waals surface area contributed by atoms with E-state index in [1.54, 1.807) is 0 Å². The third-order valence-corrected chi connectivity index (χ3v) is 5.13. The Bertz CT molecular complexity index is 1070. The first-order chi connectivity index (χ1) is 13.4. The van der Waals surface area contributed by atoms with Crippen molar-refractivity contribution in [2.45, 2.75) is 18.6 Å². The van der Waals surface area contributed by atoms with Gasteiger partial charge in [0.05, 0.1) is 0 Å². The highest BCUT2D eigenvalue weighted by molar-refractivity contribution is 5.83. The Kier molecular flexibility index (Phi) is 4.02. The van der Waals surface area contributed by atoms with Crippen molar-refractivity contribution in [1.82, 2.24) is 0 Å². The van der Waals surface area contributed by atoms with Gasteiger partial charge >= 0.3 is 0 Å². The lowest BCUT2D eigenvalue weighted by atomic mass is 9.95. The Hall–Kier alpha value is -3.26. The quantitative estimate of drug-likeness (QED) is 0.420. The topological polar surface area (TPSA) is 18.5 Å². The van der Waals surface area contributed by atoms with Crippen LogP contribution in [0.3, 0.4) is 0 Å². The van der Waals surface area contributed by atoms with Crippen LogP contribution in [0.2, 0.25) is 0 Å². The molecule has 0 saturated carbocycles. The highest BCUT2D eigenvalue weighted by atomic mass is 16.5. The zero-order valence-electron chi connectivity index (χ0n) is 14.9. The van der Waals surface area contributed by atoms with Crippen molar-refractivity contribution < 1.29 is 9.47 Å². The van der Waals surface area contributed by atoms with Gasteiger partial charge in [0.1, 0.15) is 23.7 Å². The predicted molar refractivity (Wildman–Crippen MR) is 108 cm³/mol. The van der Waals surface area contributed by atoms with E-state index in [1.165, 1.54) is 16.3 Å². The molecule has 132 valence electrons. The molecule has 2 nitrogen and oxygen atoms in total. The maximum atomic E-state index is 6.46. The van der Waals surface area contributed by atoms with Crippen molar-refractivity contribution in [3.63, 3.8) is 0 Å². The molecule has 0 N–H and O–H groups in total. The predicted octanol–water partition coefficient (Wildman–Crippen LogP) is 6.48. The van der Waals surface area contributed by atoms with Gasteiger partial charge in [0.15, 0.2) is 0 Å². The molecule has 27 heavy (non-hydrogen) atoms. The highest BCUT2D eigenvalue weighted by Gasteiger charge is 2.30. The van der Waals surface area contributed by atoms with E-state index in [2.05, 4.69) is 72.8 Å². The van der Waals surface area contributed by atoms with Crippen molar-refractivity contribution >= 4 is 10.8 Å². The third kappa shape index (κ3) is 3.15. The molecule has 5 rings (SSSR count). The first kappa shape index (κ1) is 16.0. The molecule has 4 aromatic rings. The number of ether oxygens (including phenoxy) is 2. The van der Waals surface area contributed by atoms with Crippen LogP contribution in [0.5, 0.6) is 11.5 Å². The molecule has 0 amide bonds. The standard InChI is InChI=1S/C25H20O2/c1-2-9-19(10-3-1)24-17-25(22-12-6-7-13-23(22)27-24)26-21-15-14-18-8-4-5-11-20(18)16-21/h1-16,24-25H,17H2/t24-,25-/m1/s1. The summed E-state index contributed by atoms with van der Waals surface area (Å²) in [5.41, 5.74) is 2.29. The van der Waals surface area contributed by atoms with Gasteiger partial charge in [0.25, 0.3) is 0 Å². The average Bonchev–Trinajstić information content (AvgIpc) is 2.74. The Morgan fingerprint density at radius 3 is 2.33 bits per heavy atom. The molecule has 0 radical (unpaired) electrons. The monoisotopic (exact) mass is 352 g/mol. The van der Waals surface area contributed by atoms with Crippen LogP contribution in [0.1, 0.15) is 29.8 Å². The lowest BCUT2D eigenvalue weighted by Gasteiger charge is -2.32. The molecule has 1 heterocycles. The van der Waals surface area contributed by atoms with Crippen molar-refractivity contribution in [1.29, 1.82) is 0 Å². The zero-order valence-corrected chi connectivity index (χ0v) is 14.9. The Labute approximate surface area is 159 Å². The summed E-state index contributed by atoms with van der Waals surface area (Å²) in [6.07, 6.45) is 0.737. The third-order valence-electron chi connectivity index (χ3n) is 5.13. The largest absolute Gasteiger partial charge is 0.485 e. The second-order valence-electron chi connectivity index (χ2n) is 6.91. The molecular formula is C25H20O2. The number of benzene rings is 4. The molecule has 0 unspecified atom stereocenters. The summed E-state index contributed by atoms with van der Waals surface area (Å²) >= 11 is 0. The summed E-state index contributed by atoms with van der Waals surface area (Å²) in [5.74, 6) is 1.80. The minimum atomic E-state index is -0.0404. The van der Waals surface area contributed by atoms with Crippen LogP contribution < -0.4 is 9.47 Å². The van der Waals surface area contributed by atoms with Crippen LogP contribution in [0.15, 0.2) is 97.1 Å². The second kappa shape index (κ2) is 6.81. The smallest absolute Gasteiger partial charge is 0.131 e. The van der Waals surface area contributed by atoms with Gasteiger partial charge in [-0.25, -0.2) is 0 Å². The minimum Gasteiger partial charge on any atom is -0.485 e. The van der Waals surface area contributed by atoms with Gasteiger partial charge in [-0.1, -0.05) is 78.9 Å². The molecule has 0 saturated heterocycles. The van der Waals surface area contributed by atoms with Gasteiger partial charge < -0.3 is 9.47 Å². The van der Waals surface area contributed by atoms with Crippen LogP contribution in [-0.2, 0) is 0 Å². The van der Waals surface area contributed by atoms with Crippen molar-refractivity contribution in [3.8, 4) is 11.5 Å². The Balaban J connectivity index is 1.49. The fourth-order valence-electron chi connectivity index (χ4n) is 3.77. The summed E-state index contributed by atoms with van der Waals surface area (Å²) in [6.45, 7) is 0. The molecule has 0 aliphatic carbocycles. The number of hydrogen-bond acceptors (Lipinski definition) is 2. The van der Waals surface area contributed by atoms with Crippen molar-refractivity contribution in [2.75, 3.05) is 0 Å². The van der Waals surface area contributed by atoms with Crippen LogP contribution >= 0.6 is 0 Å². The summed E-state index contributed by atoms with van der Waals surface area (Å²) in [6, 6.07) is 33.2. The Morgan fingerprint density at radius 2 is 1.44 bits per heavy atom. The average molecular weight is 352 g/mol. The maximum Gasteiger partial charge on any atom is 0.131 e. The Morgan fingerprint density at radius 1 is 0.704 bits per heavy atom. The van der Waals surface area contributed by atoms with E-state index >= 15 is 0 Å². The first-order valence-corrected chi connectivity index (χ1v) is 9.33. The molecule has 0 fully saturated rings. The zero-order chi connectivity index (χ0) is 18.1. The summed E-state index contributed by atoms with van der Waals surface area (Å²) in [5, 5.41) is 2.41. The van der Waals surface area contributed by atoms with E-state index in [0.29, 0.717) is 0 Å². The van der Waals surface area contributed by atoms with E-state index in [9.17, 15) is 0 Å². The lowest BCUT2D eigenvalue weighted by molar-refractivity contribution is 0.0810. The van der Waals surface area contributed by atoms with Crippen molar-refractivity contribution in [3.05, 3.63) is 108 Å². The molecular weight excluding hydrogens is 332 g/mol. The van der Waals surface area contributed by atoms with Gasteiger partial charge in [-0.3, -0.25) is 0 Å². The normalized spacial score (nSPS) is 18.5. The number of hydrogen-bond donors (Lipinski definition) is 0. The highest BCUT2D eigenvalue weighted by Crippen LogP contribution is 2.43. The van der Waals surface area contributed by atoms with E-state index in [0.717, 1.165) is 23.5 Å². The van der Waals surface area contributed by atoms with Crippen LogP contribution in [-0.4, -0.2) is 0 Å². The summed E-state index contributed by atoms with van der Waals surface area (Å²) < 4.78 is 12.7. The van der Waals surface area contributed by atoms with E-state index < -0.39 is 0 Å². The molecule has 0 bridgehead atoms. The van der Waals surface area contributed by atoms with Gasteiger partial charge in [0.2, 0.25) is 0 Å². The molecule has 0 spiro atoms. The van der Waals surface area contributed by atoms with Gasteiger partial charge in [-0.2, -0.15) is 0 Å². The van der Waals surface area contributed by atoms with Gasteiger partial charge in [0, 0.05) is 12.0 Å². The van der Waals surface area contributed by atoms with E-state index in [1.807, 2.05) is 24.3 Å². The molecule has 1 aliphatic heterocycles. The number of fused-ring (bicyclic) bond motifs is 2. The minimum absolute atomic E-state index is 0.00782. The van der Waals surface area contributed by atoms with Crippen LogP contribution in [0.25, 0.3) is 10.8 Å². The van der Waals surface area contributed by atoms with Gasteiger partial charge in [-0.15, -0.1) is 0 Å². The second-order valence-corrected chi connectivity index (χ2v) is 6.91. The molecule has 2 heteroatoms. The fourth-order valence-corrected chi connectivity index (χ4v) is 3.77. The lowest BCUT2D eigenvalue weighted by Crippen LogP contribution is -2.22. The van der Waals surface area contributed by atoms with E-state index in [4.69, 9.17) is 9.47 Å². The molecule has 2 atom stereocenters. The summed E-state index contributed by atoms with van der Waals surface area (Å²) in [4.78, 5) is 0. The van der Waals surface area contributed by atoms with Crippen LogP contribution in [0.4, 0.5) is 0 Å².